The van der Waals surface area contributed by atoms with Gasteiger partial charge in [0, 0.05) is 37.5 Å². The minimum atomic E-state index is -0.00374. The molecule has 0 bridgehead atoms. The molecule has 1 atom stereocenters. The summed E-state index contributed by atoms with van der Waals surface area (Å²) in [6.07, 6.45) is 6.91. The smallest absolute Gasteiger partial charge is 0.222 e. The lowest BCUT2D eigenvalue weighted by Gasteiger charge is -2.12. The van der Waals surface area contributed by atoms with Gasteiger partial charge in [0.05, 0.1) is 5.56 Å². The molecule has 1 fully saturated rings. The highest BCUT2D eigenvalue weighted by atomic mass is 16.1. The second kappa shape index (κ2) is 8.48. The number of nitrogens with one attached hydrogen (secondary N) is 2. The van der Waals surface area contributed by atoms with Crippen molar-refractivity contribution in [3.63, 3.8) is 0 Å². The van der Waals surface area contributed by atoms with Crippen molar-refractivity contribution >= 4 is 11.9 Å². The molecule has 3 rings (SSSR count). The van der Waals surface area contributed by atoms with E-state index in [1.165, 1.54) is 25.3 Å². The molecular formula is C21H24N4O. The maximum Gasteiger partial charge on any atom is 0.222 e. The molecule has 0 radical (unpaired) electrons. The number of benzene rings is 1. The number of nitrogens with zero attached hydrogens (tertiary/aromatic N) is 2. The maximum atomic E-state index is 11.1. The molecule has 5 heteroatoms. The van der Waals surface area contributed by atoms with E-state index in [1.54, 1.807) is 12.4 Å². The van der Waals surface area contributed by atoms with Crippen LogP contribution < -0.4 is 10.6 Å². The zero-order chi connectivity index (χ0) is 18.4. The average molecular weight is 348 g/mol. The van der Waals surface area contributed by atoms with Crippen LogP contribution in [0.1, 0.15) is 43.4 Å². The van der Waals surface area contributed by atoms with Crippen molar-refractivity contribution in [2.24, 2.45) is 5.92 Å². The first-order chi connectivity index (χ1) is 12.6. The third-order valence-electron chi connectivity index (χ3n) is 4.19. The molecule has 0 spiro atoms. The van der Waals surface area contributed by atoms with Crippen molar-refractivity contribution in [2.45, 2.75) is 39.2 Å². The number of amides is 1. The summed E-state index contributed by atoms with van der Waals surface area (Å²) in [5, 5.41) is 6.13. The Morgan fingerprint density at radius 2 is 1.81 bits per heavy atom. The summed E-state index contributed by atoms with van der Waals surface area (Å²) in [7, 11) is 0. The largest absolute Gasteiger partial charge is 0.354 e. The Morgan fingerprint density at radius 1 is 1.15 bits per heavy atom. The second-order valence-electron chi connectivity index (χ2n) is 6.87. The molecule has 1 heterocycles. The lowest BCUT2D eigenvalue weighted by atomic mass is 10.1. The van der Waals surface area contributed by atoms with Crippen LogP contribution in [0.3, 0.4) is 0 Å². The van der Waals surface area contributed by atoms with Gasteiger partial charge >= 0.3 is 0 Å². The second-order valence-corrected chi connectivity index (χ2v) is 6.87. The third kappa shape index (κ3) is 5.89. The molecule has 1 aliphatic rings. The zero-order valence-electron chi connectivity index (χ0n) is 15.2. The summed E-state index contributed by atoms with van der Waals surface area (Å²) in [6, 6.07) is 8.20. The topological polar surface area (TPSA) is 66.9 Å². The summed E-state index contributed by atoms with van der Waals surface area (Å²) in [5.41, 5.74) is 2.91. The first-order valence-electron chi connectivity index (χ1n) is 9.02. The van der Waals surface area contributed by atoms with Crippen molar-refractivity contribution in [3.8, 4) is 11.8 Å². The standard InChI is InChI=1S/C21H24N4O/c1-15(25-16(2)26)11-18-6-3-17(4-7-18)5-10-20-13-23-21(24-14-20)22-12-19-8-9-19/h3-4,6-7,13-15,19H,8-9,11-12H2,1-2H3,(H,25,26)(H,22,23,24). The van der Waals surface area contributed by atoms with Gasteiger partial charge in [0.25, 0.3) is 0 Å². The molecule has 0 saturated heterocycles. The molecule has 2 aromatic rings. The highest BCUT2D eigenvalue weighted by Gasteiger charge is 2.20. The highest BCUT2D eigenvalue weighted by Crippen LogP contribution is 2.28. The average Bonchev–Trinajstić information content (AvgIpc) is 3.44. The van der Waals surface area contributed by atoms with Crippen molar-refractivity contribution in [1.82, 2.24) is 15.3 Å². The van der Waals surface area contributed by atoms with E-state index >= 15 is 0 Å². The molecule has 1 unspecified atom stereocenters. The summed E-state index contributed by atoms with van der Waals surface area (Å²) in [5.74, 6) is 7.68. The molecule has 1 aliphatic carbocycles. The summed E-state index contributed by atoms with van der Waals surface area (Å²) in [4.78, 5) is 19.7. The molecule has 5 nitrogen and oxygen atoms in total. The number of carbonyl (C=O) groups excluding carboxylic acids is 1. The Morgan fingerprint density at radius 3 is 2.42 bits per heavy atom. The van der Waals surface area contributed by atoms with Crippen LogP contribution in [0, 0.1) is 17.8 Å². The van der Waals surface area contributed by atoms with Crippen LogP contribution >= 0.6 is 0 Å². The molecule has 26 heavy (non-hydrogen) atoms. The van der Waals surface area contributed by atoms with Crippen LogP contribution in [0.4, 0.5) is 5.95 Å². The quantitative estimate of drug-likeness (QED) is 0.788. The number of rotatable bonds is 6. The van der Waals surface area contributed by atoms with Crippen molar-refractivity contribution in [3.05, 3.63) is 53.3 Å². The van der Waals surface area contributed by atoms with Gasteiger partial charge in [0.15, 0.2) is 0 Å². The zero-order valence-corrected chi connectivity index (χ0v) is 15.2. The maximum absolute atomic E-state index is 11.1. The minimum absolute atomic E-state index is 0.00374. The monoisotopic (exact) mass is 348 g/mol. The normalized spacial score (nSPS) is 14.1. The number of aromatic nitrogens is 2. The number of anilines is 1. The fourth-order valence-electron chi connectivity index (χ4n) is 2.66. The van der Waals surface area contributed by atoms with Crippen LogP contribution in [0.15, 0.2) is 36.7 Å². The van der Waals surface area contributed by atoms with Crippen molar-refractivity contribution in [1.29, 1.82) is 0 Å². The van der Waals surface area contributed by atoms with Gasteiger partial charge in [0.2, 0.25) is 11.9 Å². The van der Waals surface area contributed by atoms with Gasteiger partial charge in [0.1, 0.15) is 0 Å². The van der Waals surface area contributed by atoms with Crippen molar-refractivity contribution in [2.75, 3.05) is 11.9 Å². The van der Waals surface area contributed by atoms with Crippen molar-refractivity contribution < 1.29 is 4.79 Å². The van der Waals surface area contributed by atoms with Gasteiger partial charge in [-0.3, -0.25) is 4.79 Å². The van der Waals surface area contributed by atoms with E-state index in [9.17, 15) is 4.79 Å². The molecule has 1 aromatic carbocycles. The molecule has 0 aliphatic heterocycles. The molecule has 2 N–H and O–H groups in total. The highest BCUT2D eigenvalue weighted by molar-refractivity contribution is 5.73. The van der Waals surface area contributed by atoms with E-state index in [-0.39, 0.29) is 11.9 Å². The lowest BCUT2D eigenvalue weighted by Crippen LogP contribution is -2.31. The Balaban J connectivity index is 1.54. The Bertz CT molecular complexity index is 799. The van der Waals surface area contributed by atoms with Crippen LogP contribution in [-0.4, -0.2) is 28.5 Å². The summed E-state index contributed by atoms with van der Waals surface area (Å²) < 4.78 is 0. The Kier molecular flexibility index (Phi) is 5.85. The number of carbonyl (C=O) groups is 1. The van der Waals surface area contributed by atoms with E-state index in [0.717, 1.165) is 30.0 Å². The lowest BCUT2D eigenvalue weighted by molar-refractivity contribution is -0.119. The number of hydrogen-bond acceptors (Lipinski definition) is 4. The molecule has 1 saturated carbocycles. The number of hydrogen-bond donors (Lipinski definition) is 2. The van der Waals surface area contributed by atoms with Crippen LogP contribution in [0.25, 0.3) is 0 Å². The van der Waals surface area contributed by atoms with Gasteiger partial charge in [-0.1, -0.05) is 24.0 Å². The van der Waals surface area contributed by atoms with Gasteiger partial charge in [-0.2, -0.15) is 0 Å². The molecular weight excluding hydrogens is 324 g/mol. The van der Waals surface area contributed by atoms with Gasteiger partial charge in [-0.25, -0.2) is 9.97 Å². The van der Waals surface area contributed by atoms with Gasteiger partial charge in [-0.15, -0.1) is 0 Å². The van der Waals surface area contributed by atoms with E-state index in [1.807, 2.05) is 31.2 Å². The molecule has 1 aromatic heterocycles. The fraction of sp³-hybridized carbons (Fsp3) is 0.381. The van der Waals surface area contributed by atoms with E-state index in [2.05, 4.69) is 32.4 Å². The van der Waals surface area contributed by atoms with E-state index in [4.69, 9.17) is 0 Å². The SMILES string of the molecule is CC(=O)NC(C)Cc1ccc(C#Cc2cnc(NCC3CC3)nc2)cc1. The summed E-state index contributed by atoms with van der Waals surface area (Å²) >= 11 is 0. The van der Waals surface area contributed by atoms with E-state index in [0.29, 0.717) is 5.95 Å². The summed E-state index contributed by atoms with van der Waals surface area (Å²) in [6.45, 7) is 4.49. The minimum Gasteiger partial charge on any atom is -0.354 e. The Labute approximate surface area is 154 Å². The van der Waals surface area contributed by atoms with Gasteiger partial charge < -0.3 is 10.6 Å². The predicted octanol–water partition coefficient (Wildman–Crippen LogP) is 2.77. The van der Waals surface area contributed by atoms with E-state index < -0.39 is 0 Å². The van der Waals surface area contributed by atoms with Crippen LogP contribution in [0.2, 0.25) is 0 Å². The van der Waals surface area contributed by atoms with Crippen LogP contribution in [0.5, 0.6) is 0 Å². The Hall–Kier alpha value is -2.87. The molecule has 134 valence electrons. The predicted molar refractivity (Wildman–Crippen MR) is 103 cm³/mol. The third-order valence-corrected chi connectivity index (χ3v) is 4.19. The first-order valence-corrected chi connectivity index (χ1v) is 9.02. The molecule has 1 amide bonds. The fourth-order valence-corrected chi connectivity index (χ4v) is 2.66. The first kappa shape index (κ1) is 17.9. The van der Waals surface area contributed by atoms with Crippen LogP contribution in [-0.2, 0) is 11.2 Å². The van der Waals surface area contributed by atoms with Gasteiger partial charge in [-0.05, 0) is 49.8 Å².